The van der Waals surface area contributed by atoms with Crippen LogP contribution < -0.4 is 16.0 Å². The number of morpholine rings is 1. The number of oxazole rings is 1. The summed E-state index contributed by atoms with van der Waals surface area (Å²) in [6, 6.07) is 16.1. The first kappa shape index (κ1) is 35.5. The van der Waals surface area contributed by atoms with Crippen molar-refractivity contribution in [3.8, 4) is 22.7 Å². The van der Waals surface area contributed by atoms with Gasteiger partial charge in [-0.2, -0.15) is 0 Å². The van der Waals surface area contributed by atoms with E-state index in [2.05, 4.69) is 46.0 Å². The summed E-state index contributed by atoms with van der Waals surface area (Å²) in [5.41, 5.74) is 1.87. The average Bonchev–Trinajstić information content (AvgIpc) is 3.77. The second-order valence-corrected chi connectivity index (χ2v) is 14.4. The van der Waals surface area contributed by atoms with Gasteiger partial charge in [0.1, 0.15) is 17.5 Å². The predicted octanol–water partition coefficient (Wildman–Crippen LogP) is 5.28. The van der Waals surface area contributed by atoms with Gasteiger partial charge in [-0.1, -0.05) is 24.3 Å². The summed E-state index contributed by atoms with van der Waals surface area (Å²) >= 11 is 0. The lowest BCUT2D eigenvalue weighted by molar-refractivity contribution is -0.121. The Morgan fingerprint density at radius 3 is 2.20 bits per heavy atom. The molecule has 2 aromatic carbocycles. The summed E-state index contributed by atoms with van der Waals surface area (Å²) in [5.74, 6) is 3.83. The molecule has 0 radical (unpaired) electrons. The number of carbonyl (C=O) groups excluding carboxylic acids is 2. The predicted molar refractivity (Wildman–Crippen MR) is 206 cm³/mol. The summed E-state index contributed by atoms with van der Waals surface area (Å²) in [4.78, 5) is 41.6. The zero-order valence-corrected chi connectivity index (χ0v) is 30.7. The summed E-state index contributed by atoms with van der Waals surface area (Å²) in [6.45, 7) is 6.59. The number of benzene rings is 2. The van der Waals surface area contributed by atoms with E-state index in [-0.39, 0.29) is 30.4 Å². The number of anilines is 2. The molecule has 1 saturated heterocycles. The van der Waals surface area contributed by atoms with Gasteiger partial charge in [0.2, 0.25) is 11.8 Å². The second kappa shape index (κ2) is 15.4. The lowest BCUT2D eigenvalue weighted by Gasteiger charge is -2.34. The minimum atomic E-state index is -0.114. The van der Waals surface area contributed by atoms with E-state index in [9.17, 15) is 9.59 Å². The molecule has 1 aliphatic heterocycles. The Hall–Kier alpha value is -5.57. The number of pyridine rings is 2. The highest BCUT2D eigenvalue weighted by Crippen LogP contribution is 2.29. The van der Waals surface area contributed by atoms with Crippen LogP contribution in [0.25, 0.3) is 44.3 Å². The molecule has 3 N–H and O–H groups in total. The number of nitrogens with zero attached hydrogens (tertiary/aromatic N) is 7. The molecule has 2 amide bonds. The lowest BCUT2D eigenvalue weighted by Crippen LogP contribution is -2.50. The maximum Gasteiger partial charge on any atom is 0.239 e. The van der Waals surface area contributed by atoms with Crippen molar-refractivity contribution >= 4 is 45.0 Å². The number of hydrogen-bond donors (Lipinski definition) is 3. The maximum atomic E-state index is 13.2. The van der Waals surface area contributed by atoms with Gasteiger partial charge in [-0.25, -0.2) is 15.0 Å². The Balaban J connectivity index is 0.783. The van der Waals surface area contributed by atoms with E-state index in [1.807, 2.05) is 74.0 Å². The number of amides is 2. The Bertz CT molecular complexity index is 2310. The minimum absolute atomic E-state index is 0.00696. The van der Waals surface area contributed by atoms with Crippen molar-refractivity contribution in [2.24, 2.45) is 13.0 Å². The molecule has 2 fully saturated rings. The highest BCUT2D eigenvalue weighted by molar-refractivity contribution is 5.96. The van der Waals surface area contributed by atoms with Gasteiger partial charge in [-0.3, -0.25) is 14.5 Å². The van der Waals surface area contributed by atoms with Crippen LogP contribution in [0.4, 0.5) is 11.6 Å². The summed E-state index contributed by atoms with van der Waals surface area (Å²) < 4.78 is 13.7. The van der Waals surface area contributed by atoms with Gasteiger partial charge < -0.3 is 29.7 Å². The van der Waals surface area contributed by atoms with Gasteiger partial charge in [0.05, 0.1) is 25.5 Å². The van der Waals surface area contributed by atoms with Crippen LogP contribution in [-0.4, -0.2) is 91.4 Å². The van der Waals surface area contributed by atoms with E-state index in [0.29, 0.717) is 55.6 Å². The lowest BCUT2D eigenvalue weighted by atomic mass is 9.85. The molecule has 1 saturated carbocycles. The molecule has 8 rings (SSSR count). The molecular weight excluding hydrogens is 685 g/mol. The van der Waals surface area contributed by atoms with Crippen molar-refractivity contribution in [3.05, 3.63) is 78.8 Å². The van der Waals surface area contributed by atoms with Crippen LogP contribution in [0.15, 0.2) is 71.5 Å². The fourth-order valence-corrected chi connectivity index (χ4v) is 7.38. The molecule has 4 aromatic heterocycles. The quantitative estimate of drug-likeness (QED) is 0.168. The molecule has 1 unspecified atom stereocenters. The summed E-state index contributed by atoms with van der Waals surface area (Å²) in [6.07, 6.45) is 8.65. The molecule has 2 aliphatic rings. The highest BCUT2D eigenvalue weighted by atomic mass is 16.5. The fourth-order valence-electron chi connectivity index (χ4n) is 7.38. The first-order valence-corrected chi connectivity index (χ1v) is 18.5. The Kier molecular flexibility index (Phi) is 10.1. The maximum absolute atomic E-state index is 13.2. The average molecular weight is 729 g/mol. The first-order chi connectivity index (χ1) is 26.2. The second-order valence-electron chi connectivity index (χ2n) is 14.4. The van der Waals surface area contributed by atoms with Gasteiger partial charge in [0, 0.05) is 79.9 Å². The molecule has 14 heteroatoms. The minimum Gasteiger partial charge on any atom is -0.441 e. The number of ether oxygens (including phenoxy) is 1. The van der Waals surface area contributed by atoms with Gasteiger partial charge in [-0.15, -0.1) is 10.2 Å². The number of rotatable bonds is 10. The number of carbonyl (C=O) groups is 2. The SMILES string of the molecule is Cc1ncc(-c2ccc3cnc(NC(=O)[C@H]4CC[C@H](NCC5CN(CC(=O)Nc6cc7cc(-c8nnc(C)n8C)ccc7cn6)CCO5)CC4)cc3c2)o1. The van der Waals surface area contributed by atoms with Crippen LogP contribution in [0.5, 0.6) is 0 Å². The Morgan fingerprint density at radius 1 is 0.815 bits per heavy atom. The molecule has 0 bridgehead atoms. The Morgan fingerprint density at radius 2 is 1.52 bits per heavy atom. The summed E-state index contributed by atoms with van der Waals surface area (Å²) in [7, 11) is 1.94. The molecule has 0 spiro atoms. The van der Waals surface area contributed by atoms with Crippen molar-refractivity contribution in [1.29, 1.82) is 0 Å². The fraction of sp³-hybridized carbons (Fsp3) is 0.375. The van der Waals surface area contributed by atoms with Crippen molar-refractivity contribution in [3.63, 3.8) is 0 Å². The van der Waals surface area contributed by atoms with Crippen LogP contribution in [-0.2, 0) is 21.4 Å². The molecule has 14 nitrogen and oxygen atoms in total. The molecule has 54 heavy (non-hydrogen) atoms. The van der Waals surface area contributed by atoms with E-state index in [1.54, 1.807) is 18.6 Å². The van der Waals surface area contributed by atoms with Crippen LogP contribution in [0, 0.1) is 19.8 Å². The van der Waals surface area contributed by atoms with Crippen LogP contribution in [0.1, 0.15) is 37.4 Å². The number of aromatic nitrogens is 6. The smallest absolute Gasteiger partial charge is 0.239 e. The number of hydrogen-bond acceptors (Lipinski definition) is 11. The zero-order chi connectivity index (χ0) is 37.2. The van der Waals surface area contributed by atoms with E-state index in [0.717, 1.165) is 70.0 Å². The topological polar surface area (TPSA) is 165 Å². The number of aryl methyl sites for hydroxylation is 2. The van der Waals surface area contributed by atoms with Crippen molar-refractivity contribution in [1.82, 2.24) is 39.9 Å². The molecule has 5 heterocycles. The first-order valence-electron chi connectivity index (χ1n) is 18.5. The number of fused-ring (bicyclic) bond motifs is 2. The van der Waals surface area contributed by atoms with Crippen molar-refractivity contribution in [2.45, 2.75) is 51.7 Å². The van der Waals surface area contributed by atoms with Gasteiger partial charge in [0.15, 0.2) is 17.5 Å². The van der Waals surface area contributed by atoms with E-state index < -0.39 is 0 Å². The normalized spacial score (nSPS) is 19.3. The van der Waals surface area contributed by atoms with Crippen LogP contribution in [0.2, 0.25) is 0 Å². The standard InChI is InChI=1S/C40H44N10O4/c1-24-47-48-39(49(24)3)28-5-7-30-18-43-36(16-32(30)15-28)45-38(51)23-50-12-13-53-34(22-50)20-42-33-10-8-26(9-11-33)40(52)46-37-17-31-14-27(4-6-29(31)19-44-37)35-21-41-25(2)54-35/h4-7,14-19,21,26,33-34,42H,8-13,20,22-23H2,1-3H3,(H,43,45,51)(H,44,46,52)/t26-,33-,34?. The highest BCUT2D eigenvalue weighted by Gasteiger charge is 2.28. The van der Waals surface area contributed by atoms with Gasteiger partial charge in [-0.05, 0) is 67.6 Å². The summed E-state index contributed by atoms with van der Waals surface area (Å²) in [5, 5.41) is 22.0. The monoisotopic (exact) mass is 728 g/mol. The molecule has 6 aromatic rings. The van der Waals surface area contributed by atoms with Crippen molar-refractivity contribution < 1.29 is 18.7 Å². The molecule has 278 valence electrons. The molecule has 1 aliphatic carbocycles. The van der Waals surface area contributed by atoms with Crippen molar-refractivity contribution in [2.75, 3.05) is 43.4 Å². The van der Waals surface area contributed by atoms with E-state index >= 15 is 0 Å². The number of nitrogens with one attached hydrogen (secondary N) is 3. The Labute approximate surface area is 312 Å². The molecule has 1 atom stereocenters. The van der Waals surface area contributed by atoms with Gasteiger partial charge in [0.25, 0.3) is 0 Å². The van der Waals surface area contributed by atoms with Gasteiger partial charge >= 0.3 is 0 Å². The van der Waals surface area contributed by atoms with E-state index in [4.69, 9.17) is 9.15 Å². The largest absolute Gasteiger partial charge is 0.441 e. The zero-order valence-electron chi connectivity index (χ0n) is 30.7. The third-order valence-electron chi connectivity index (χ3n) is 10.5. The van der Waals surface area contributed by atoms with Crippen LogP contribution in [0.3, 0.4) is 0 Å². The third-order valence-corrected chi connectivity index (χ3v) is 10.5. The van der Waals surface area contributed by atoms with E-state index in [1.165, 1.54) is 0 Å². The third kappa shape index (κ3) is 8.00. The van der Waals surface area contributed by atoms with Crippen LogP contribution >= 0.6 is 0 Å². The molecular formula is C40H44N10O4.